The third-order valence-electron chi connectivity index (χ3n) is 3.62. The van der Waals surface area contributed by atoms with Crippen LogP contribution in [0.4, 0.5) is 18.9 Å². The molecule has 0 saturated heterocycles. The van der Waals surface area contributed by atoms with Crippen LogP contribution in [-0.4, -0.2) is 40.7 Å². The molecule has 0 saturated carbocycles. The summed E-state index contributed by atoms with van der Waals surface area (Å²) in [5.41, 5.74) is -2.38. The van der Waals surface area contributed by atoms with E-state index in [-0.39, 0.29) is 16.6 Å². The van der Waals surface area contributed by atoms with E-state index in [4.69, 9.17) is 16.3 Å². The fraction of sp³-hybridized carbons (Fsp3) is 0.176. The second kappa shape index (κ2) is 8.97. The molecule has 0 atom stereocenters. The van der Waals surface area contributed by atoms with Gasteiger partial charge in [0.2, 0.25) is 0 Å². The molecule has 160 valence electrons. The van der Waals surface area contributed by atoms with E-state index in [1.165, 1.54) is 0 Å². The lowest BCUT2D eigenvalue weighted by molar-refractivity contribution is -0.385. The van der Waals surface area contributed by atoms with Crippen molar-refractivity contribution < 1.29 is 42.4 Å². The van der Waals surface area contributed by atoms with Gasteiger partial charge in [-0.3, -0.25) is 24.9 Å². The van der Waals surface area contributed by atoms with Crippen molar-refractivity contribution in [2.45, 2.75) is 6.18 Å². The molecule has 0 aliphatic rings. The van der Waals surface area contributed by atoms with Crippen LogP contribution in [-0.2, 0) is 15.7 Å². The van der Waals surface area contributed by atoms with Gasteiger partial charge in [0, 0.05) is 12.1 Å². The van der Waals surface area contributed by atoms with Crippen LogP contribution in [0, 0.1) is 10.1 Å². The van der Waals surface area contributed by atoms with E-state index >= 15 is 0 Å². The fourth-order valence-electron chi connectivity index (χ4n) is 2.19. The van der Waals surface area contributed by atoms with Crippen LogP contribution in [0.3, 0.4) is 0 Å². The molecular weight excluding hydrogens is 437 g/mol. The minimum atomic E-state index is -4.63. The monoisotopic (exact) mass is 448 g/mol. The first-order chi connectivity index (χ1) is 13.9. The van der Waals surface area contributed by atoms with Gasteiger partial charge in [-0.2, -0.15) is 13.2 Å². The van der Waals surface area contributed by atoms with Gasteiger partial charge < -0.3 is 9.47 Å². The van der Waals surface area contributed by atoms with E-state index in [0.29, 0.717) is 12.1 Å². The molecule has 13 heteroatoms. The maximum Gasteiger partial charge on any atom is 0.416 e. The van der Waals surface area contributed by atoms with Crippen LogP contribution in [0.5, 0.6) is 11.5 Å². The molecule has 2 rings (SSSR count). The Hall–Kier alpha value is -3.38. The van der Waals surface area contributed by atoms with Crippen molar-refractivity contribution in [2.24, 2.45) is 0 Å². The molecule has 0 aliphatic carbocycles. The van der Waals surface area contributed by atoms with Crippen molar-refractivity contribution in [1.82, 2.24) is 5.06 Å². The van der Waals surface area contributed by atoms with Crippen LogP contribution in [0.2, 0.25) is 5.02 Å². The van der Waals surface area contributed by atoms with Crippen LogP contribution < -0.4 is 4.74 Å². The molecule has 0 radical (unpaired) electrons. The van der Waals surface area contributed by atoms with Crippen molar-refractivity contribution in [3.8, 4) is 11.5 Å². The molecule has 30 heavy (non-hydrogen) atoms. The highest BCUT2D eigenvalue weighted by Crippen LogP contribution is 2.37. The van der Waals surface area contributed by atoms with E-state index in [2.05, 4.69) is 4.74 Å². The molecule has 0 fully saturated rings. The maximum absolute atomic E-state index is 12.7. The van der Waals surface area contributed by atoms with Crippen LogP contribution in [0.15, 0.2) is 36.4 Å². The van der Waals surface area contributed by atoms with Gasteiger partial charge in [0.1, 0.15) is 23.6 Å². The lowest BCUT2D eigenvalue weighted by Crippen LogP contribution is -2.33. The number of hydrogen-bond acceptors (Lipinski definition) is 7. The van der Waals surface area contributed by atoms with E-state index in [0.717, 1.165) is 31.4 Å². The topological polar surface area (TPSA) is 119 Å². The van der Waals surface area contributed by atoms with Gasteiger partial charge in [-0.15, -0.1) is 0 Å². The molecule has 1 amide bonds. The van der Waals surface area contributed by atoms with Crippen molar-refractivity contribution >= 4 is 29.2 Å². The number of nitrogens with zero attached hydrogens (tertiary/aromatic N) is 2. The number of carbonyl (C=O) groups excluding carboxylic acids is 2. The Morgan fingerprint density at radius 1 is 1.23 bits per heavy atom. The Balaban J connectivity index is 2.37. The van der Waals surface area contributed by atoms with Gasteiger partial charge in [-0.25, -0.2) is 5.06 Å². The smallest absolute Gasteiger partial charge is 0.416 e. The predicted molar refractivity (Wildman–Crippen MR) is 94.5 cm³/mol. The summed E-state index contributed by atoms with van der Waals surface area (Å²) in [6.45, 7) is -0.900. The highest BCUT2D eigenvalue weighted by Gasteiger charge is 2.31. The molecule has 0 unspecified atom stereocenters. The van der Waals surface area contributed by atoms with Gasteiger partial charge in [-0.05, 0) is 24.3 Å². The second-order valence-corrected chi connectivity index (χ2v) is 6.03. The summed E-state index contributed by atoms with van der Waals surface area (Å²) in [4.78, 5) is 33.8. The van der Waals surface area contributed by atoms with Gasteiger partial charge >= 0.3 is 12.1 Å². The number of carbonyl (C=O) groups is 2. The molecule has 0 aliphatic heterocycles. The fourth-order valence-corrected chi connectivity index (χ4v) is 2.41. The van der Waals surface area contributed by atoms with Gasteiger partial charge in [-0.1, -0.05) is 11.6 Å². The van der Waals surface area contributed by atoms with Crippen LogP contribution in [0.25, 0.3) is 0 Å². The van der Waals surface area contributed by atoms with Crippen molar-refractivity contribution in [2.75, 3.05) is 13.7 Å². The minimum absolute atomic E-state index is 0.0942. The Bertz CT molecular complexity index is 998. The Morgan fingerprint density at radius 3 is 2.43 bits per heavy atom. The molecule has 0 heterocycles. The lowest BCUT2D eigenvalue weighted by Gasteiger charge is -2.15. The number of ether oxygens (including phenoxy) is 2. The normalized spacial score (nSPS) is 11.0. The number of amides is 1. The van der Waals surface area contributed by atoms with E-state index < -0.39 is 51.4 Å². The van der Waals surface area contributed by atoms with Crippen molar-refractivity contribution in [3.05, 3.63) is 62.7 Å². The highest BCUT2D eigenvalue weighted by atomic mass is 35.5. The van der Waals surface area contributed by atoms with Crippen molar-refractivity contribution in [3.63, 3.8) is 0 Å². The Labute approximate surface area is 171 Å². The summed E-state index contributed by atoms with van der Waals surface area (Å²) in [5, 5.41) is 20.4. The molecular formula is C17H12ClF3N2O7. The number of alkyl halides is 3. The Morgan fingerprint density at radius 2 is 1.90 bits per heavy atom. The maximum atomic E-state index is 12.7. The van der Waals surface area contributed by atoms with Crippen LogP contribution in [0.1, 0.15) is 15.9 Å². The average Bonchev–Trinajstić information content (AvgIpc) is 2.67. The molecule has 2 aromatic rings. The number of rotatable bonds is 6. The Kier molecular flexibility index (Phi) is 6.84. The first kappa shape index (κ1) is 22.9. The molecule has 0 aromatic heterocycles. The summed E-state index contributed by atoms with van der Waals surface area (Å²) in [6, 6.07) is 5.10. The van der Waals surface area contributed by atoms with Gasteiger partial charge in [0.15, 0.2) is 0 Å². The quantitative estimate of drug-likeness (QED) is 0.306. The number of hydrogen-bond donors (Lipinski definition) is 1. The number of methoxy groups -OCH3 is 1. The predicted octanol–water partition coefficient (Wildman–Crippen LogP) is 4.06. The summed E-state index contributed by atoms with van der Waals surface area (Å²) >= 11 is 5.79. The third-order valence-corrected chi connectivity index (χ3v) is 3.92. The zero-order chi connectivity index (χ0) is 22.6. The number of nitro groups is 1. The number of esters is 1. The third kappa shape index (κ3) is 5.36. The average molecular weight is 449 g/mol. The van der Waals surface area contributed by atoms with Crippen LogP contribution >= 0.6 is 11.6 Å². The highest BCUT2D eigenvalue weighted by molar-refractivity contribution is 6.32. The molecule has 1 N–H and O–H groups in total. The minimum Gasteiger partial charge on any atom is -0.468 e. The van der Waals surface area contributed by atoms with E-state index in [9.17, 15) is 38.1 Å². The van der Waals surface area contributed by atoms with E-state index in [1.807, 2.05) is 0 Å². The summed E-state index contributed by atoms with van der Waals surface area (Å²) in [6.07, 6.45) is -4.63. The number of hydroxylamine groups is 2. The van der Waals surface area contributed by atoms with E-state index in [1.54, 1.807) is 0 Å². The molecule has 2 aromatic carbocycles. The standard InChI is InChI=1S/C17H12ClF3N2O7/c1-29-15(24)8-22(26)16(25)11-7-10(3-4-13(11)23(27)28)30-14-5-2-9(6-12(14)18)17(19,20)21/h2-7,26H,8H2,1H3. The second-order valence-electron chi connectivity index (χ2n) is 5.62. The summed E-state index contributed by atoms with van der Waals surface area (Å²) < 4.78 is 47.8. The molecule has 9 nitrogen and oxygen atoms in total. The van der Waals surface area contributed by atoms with Gasteiger partial charge in [0.25, 0.3) is 11.6 Å². The molecule has 0 spiro atoms. The zero-order valence-corrected chi connectivity index (χ0v) is 15.7. The lowest BCUT2D eigenvalue weighted by atomic mass is 10.1. The molecule has 0 bridgehead atoms. The van der Waals surface area contributed by atoms with Gasteiger partial charge in [0.05, 0.1) is 22.6 Å². The largest absolute Gasteiger partial charge is 0.468 e. The first-order valence-corrected chi connectivity index (χ1v) is 8.22. The van der Waals surface area contributed by atoms with Crippen molar-refractivity contribution in [1.29, 1.82) is 0 Å². The number of benzene rings is 2. The first-order valence-electron chi connectivity index (χ1n) is 7.84. The zero-order valence-electron chi connectivity index (χ0n) is 15.0. The number of halogens is 4. The summed E-state index contributed by atoms with van der Waals surface area (Å²) in [7, 11) is 1.01. The number of nitro benzene ring substituents is 1. The SMILES string of the molecule is COC(=O)CN(O)C(=O)c1cc(Oc2ccc(C(F)(F)F)cc2Cl)ccc1[N+](=O)[O-]. The summed E-state index contributed by atoms with van der Waals surface area (Å²) in [5.74, 6) is -2.71.